The van der Waals surface area contributed by atoms with Crippen LogP contribution in [-0.2, 0) is 17.9 Å². The number of carbonyl (C=O) groups is 1. The van der Waals surface area contributed by atoms with Gasteiger partial charge in [-0.2, -0.15) is 5.10 Å². The predicted molar refractivity (Wildman–Crippen MR) is 118 cm³/mol. The normalized spacial score (nSPS) is 10.7. The molecule has 0 radical (unpaired) electrons. The monoisotopic (exact) mass is 422 g/mol. The van der Waals surface area contributed by atoms with Gasteiger partial charge in [0, 0.05) is 12.1 Å². The van der Waals surface area contributed by atoms with Crippen LogP contribution in [0.3, 0.4) is 0 Å². The number of nitro groups is 1. The summed E-state index contributed by atoms with van der Waals surface area (Å²) in [6.07, 6.45) is 0.157. The first-order chi connectivity index (χ1) is 14.7. The molecule has 0 unspecified atom stereocenters. The zero-order valence-electron chi connectivity index (χ0n) is 18.1. The minimum absolute atomic E-state index is 0.00231. The zero-order chi connectivity index (χ0) is 22.5. The van der Waals surface area contributed by atoms with E-state index in [2.05, 4.69) is 16.5 Å². The summed E-state index contributed by atoms with van der Waals surface area (Å²) in [4.78, 5) is 23.0. The molecule has 3 rings (SSSR count). The molecule has 0 spiro atoms. The molecule has 0 saturated carbocycles. The summed E-state index contributed by atoms with van der Waals surface area (Å²) in [5.41, 5.74) is 4.66. The van der Waals surface area contributed by atoms with Crippen LogP contribution in [0, 0.1) is 37.8 Å². The molecule has 0 aliphatic rings. The molecule has 1 heterocycles. The molecule has 1 N–H and O–H groups in total. The quantitative estimate of drug-likeness (QED) is 0.421. The van der Waals surface area contributed by atoms with Crippen molar-refractivity contribution in [3.8, 4) is 5.75 Å². The molecule has 1 amide bonds. The molecule has 0 saturated heterocycles. The van der Waals surface area contributed by atoms with Crippen molar-refractivity contribution in [2.75, 3.05) is 5.32 Å². The van der Waals surface area contributed by atoms with E-state index in [0.717, 1.165) is 16.9 Å². The number of carbonyl (C=O) groups excluding carboxylic acids is 1. The lowest BCUT2D eigenvalue weighted by Gasteiger charge is -2.12. The number of ether oxygens (including phenoxy) is 1. The molecule has 0 fully saturated rings. The lowest BCUT2D eigenvalue weighted by molar-refractivity contribution is -0.386. The standard InChI is InChI=1S/C23H26N4O4/c1-15-6-5-7-19(12-15)14-31-20-8-9-21(16(2)13-20)24-22(28)10-11-26-18(4)23(27(29)30)17(3)25-26/h5-9,12-13H,10-11,14H2,1-4H3,(H,24,28). The Labute approximate surface area is 181 Å². The van der Waals surface area contributed by atoms with Crippen molar-refractivity contribution in [3.63, 3.8) is 0 Å². The molecule has 2 aromatic carbocycles. The van der Waals surface area contributed by atoms with Crippen LogP contribution in [0.25, 0.3) is 0 Å². The second-order valence-electron chi connectivity index (χ2n) is 7.55. The van der Waals surface area contributed by atoms with Crippen molar-refractivity contribution in [3.05, 3.63) is 80.7 Å². The fourth-order valence-electron chi connectivity index (χ4n) is 3.42. The van der Waals surface area contributed by atoms with E-state index in [9.17, 15) is 14.9 Å². The number of hydrogen-bond acceptors (Lipinski definition) is 5. The Balaban J connectivity index is 1.57. The van der Waals surface area contributed by atoms with E-state index < -0.39 is 4.92 Å². The van der Waals surface area contributed by atoms with Gasteiger partial charge in [0.15, 0.2) is 0 Å². The van der Waals surface area contributed by atoms with Crippen LogP contribution in [-0.4, -0.2) is 20.6 Å². The van der Waals surface area contributed by atoms with Gasteiger partial charge in [-0.25, -0.2) is 0 Å². The maximum atomic E-state index is 12.4. The third-order valence-corrected chi connectivity index (χ3v) is 5.04. The number of amides is 1. The lowest BCUT2D eigenvalue weighted by Crippen LogP contribution is -2.16. The molecular weight excluding hydrogens is 396 g/mol. The number of aromatic nitrogens is 2. The van der Waals surface area contributed by atoms with E-state index in [1.807, 2.05) is 50.2 Å². The number of benzene rings is 2. The third-order valence-electron chi connectivity index (χ3n) is 5.04. The van der Waals surface area contributed by atoms with Crippen LogP contribution in [0.2, 0.25) is 0 Å². The topological polar surface area (TPSA) is 99.3 Å². The fraction of sp³-hybridized carbons (Fsp3) is 0.304. The van der Waals surface area contributed by atoms with Gasteiger partial charge in [0.05, 0.1) is 11.5 Å². The van der Waals surface area contributed by atoms with Gasteiger partial charge in [-0.15, -0.1) is 0 Å². The van der Waals surface area contributed by atoms with Crippen LogP contribution >= 0.6 is 0 Å². The average Bonchev–Trinajstić information content (AvgIpc) is 3.00. The lowest BCUT2D eigenvalue weighted by atomic mass is 10.1. The van der Waals surface area contributed by atoms with E-state index in [4.69, 9.17) is 4.74 Å². The van der Waals surface area contributed by atoms with E-state index in [-0.39, 0.29) is 24.6 Å². The molecule has 8 nitrogen and oxygen atoms in total. The number of nitrogens with one attached hydrogen (secondary N) is 1. The Hall–Kier alpha value is -3.68. The van der Waals surface area contributed by atoms with Crippen molar-refractivity contribution < 1.29 is 14.5 Å². The van der Waals surface area contributed by atoms with Gasteiger partial charge in [0.1, 0.15) is 23.7 Å². The summed E-state index contributed by atoms with van der Waals surface area (Å²) in [5, 5.41) is 18.2. The third kappa shape index (κ3) is 5.48. The Morgan fingerprint density at radius 1 is 1.16 bits per heavy atom. The van der Waals surface area contributed by atoms with Gasteiger partial charge in [-0.1, -0.05) is 29.8 Å². The largest absolute Gasteiger partial charge is 0.489 e. The van der Waals surface area contributed by atoms with Crippen LogP contribution in [0.5, 0.6) is 5.75 Å². The first-order valence-electron chi connectivity index (χ1n) is 10.0. The SMILES string of the molecule is Cc1cccc(COc2ccc(NC(=O)CCn3nc(C)c([N+](=O)[O-])c3C)c(C)c2)c1. The predicted octanol–water partition coefficient (Wildman–Crippen LogP) is 4.63. The van der Waals surface area contributed by atoms with Crippen molar-refractivity contribution in [1.82, 2.24) is 9.78 Å². The van der Waals surface area contributed by atoms with Gasteiger partial charge in [-0.05, 0) is 57.0 Å². The minimum Gasteiger partial charge on any atom is -0.489 e. The molecule has 31 heavy (non-hydrogen) atoms. The molecule has 0 aliphatic heterocycles. The minimum atomic E-state index is -0.444. The van der Waals surface area contributed by atoms with Crippen LogP contribution in [0.1, 0.15) is 34.5 Å². The highest BCUT2D eigenvalue weighted by Gasteiger charge is 2.21. The Bertz CT molecular complexity index is 1120. The first-order valence-corrected chi connectivity index (χ1v) is 10.0. The molecule has 0 bridgehead atoms. The first kappa shape index (κ1) is 22.0. The summed E-state index contributed by atoms with van der Waals surface area (Å²) in [6.45, 7) is 7.91. The second kappa shape index (κ2) is 9.42. The van der Waals surface area contributed by atoms with Crippen molar-refractivity contribution in [1.29, 1.82) is 0 Å². The fourth-order valence-corrected chi connectivity index (χ4v) is 3.42. The van der Waals surface area contributed by atoms with Crippen LogP contribution in [0.15, 0.2) is 42.5 Å². The highest BCUT2D eigenvalue weighted by molar-refractivity contribution is 5.91. The molecule has 8 heteroatoms. The molecule has 1 aromatic heterocycles. The van der Waals surface area contributed by atoms with Gasteiger partial charge in [0.25, 0.3) is 0 Å². The maximum absolute atomic E-state index is 12.4. The second-order valence-corrected chi connectivity index (χ2v) is 7.55. The van der Waals surface area contributed by atoms with Gasteiger partial charge >= 0.3 is 5.69 Å². The number of hydrogen-bond donors (Lipinski definition) is 1. The Morgan fingerprint density at radius 2 is 1.94 bits per heavy atom. The molecule has 0 aliphatic carbocycles. The molecule has 3 aromatic rings. The van der Waals surface area contributed by atoms with E-state index in [1.54, 1.807) is 13.8 Å². The van der Waals surface area contributed by atoms with Crippen molar-refractivity contribution in [2.45, 2.75) is 47.3 Å². The van der Waals surface area contributed by atoms with Crippen molar-refractivity contribution in [2.24, 2.45) is 0 Å². The number of rotatable bonds is 8. The van der Waals surface area contributed by atoms with Crippen molar-refractivity contribution >= 4 is 17.3 Å². The van der Waals surface area contributed by atoms with Gasteiger partial charge in [-0.3, -0.25) is 19.6 Å². The molecule has 162 valence electrons. The zero-order valence-corrected chi connectivity index (χ0v) is 18.1. The summed E-state index contributed by atoms with van der Waals surface area (Å²) < 4.78 is 7.36. The van der Waals surface area contributed by atoms with E-state index >= 15 is 0 Å². The highest BCUT2D eigenvalue weighted by atomic mass is 16.6. The summed E-state index contributed by atoms with van der Waals surface area (Å²) in [6, 6.07) is 13.7. The highest BCUT2D eigenvalue weighted by Crippen LogP contribution is 2.24. The van der Waals surface area contributed by atoms with E-state index in [1.165, 1.54) is 10.2 Å². The van der Waals surface area contributed by atoms with Gasteiger partial charge < -0.3 is 10.1 Å². The van der Waals surface area contributed by atoms with E-state index in [0.29, 0.717) is 23.7 Å². The molecule has 0 atom stereocenters. The smallest absolute Gasteiger partial charge is 0.312 e. The summed E-state index contributed by atoms with van der Waals surface area (Å²) >= 11 is 0. The number of nitrogens with zero attached hydrogens (tertiary/aromatic N) is 3. The summed E-state index contributed by atoms with van der Waals surface area (Å²) in [5.74, 6) is 0.540. The Kier molecular flexibility index (Phi) is 6.69. The number of aryl methyl sites for hydroxylation is 4. The van der Waals surface area contributed by atoms with Crippen LogP contribution in [0.4, 0.5) is 11.4 Å². The summed E-state index contributed by atoms with van der Waals surface area (Å²) in [7, 11) is 0. The average molecular weight is 422 g/mol. The number of anilines is 1. The molecular formula is C23H26N4O4. The Morgan fingerprint density at radius 3 is 2.58 bits per heavy atom. The maximum Gasteiger partial charge on any atom is 0.312 e. The van der Waals surface area contributed by atoms with Crippen LogP contribution < -0.4 is 10.1 Å². The van der Waals surface area contributed by atoms with Gasteiger partial charge in [0.2, 0.25) is 5.91 Å².